The van der Waals surface area contributed by atoms with Gasteiger partial charge in [-0.25, -0.2) is 4.98 Å². The second kappa shape index (κ2) is 8.92. The molecule has 0 radical (unpaired) electrons. The summed E-state index contributed by atoms with van der Waals surface area (Å²) < 4.78 is 1.34. The Hall–Kier alpha value is -3.12. The van der Waals surface area contributed by atoms with E-state index < -0.39 is 0 Å². The summed E-state index contributed by atoms with van der Waals surface area (Å²) in [5.41, 5.74) is 4.22. The van der Waals surface area contributed by atoms with Crippen molar-refractivity contribution < 1.29 is 4.79 Å². The minimum absolute atomic E-state index is 0.132. The average Bonchev–Trinajstić information content (AvgIpc) is 2.63. The average molecular weight is 411 g/mol. The molecular weight excluding hydrogens is 388 g/mol. The number of aromatic nitrogens is 2. The van der Waals surface area contributed by atoms with Gasteiger partial charge in [0.1, 0.15) is 6.54 Å². The molecule has 0 saturated carbocycles. The maximum atomic E-state index is 12.5. The molecule has 1 amide bonds. The quantitative estimate of drug-likeness (QED) is 0.646. The summed E-state index contributed by atoms with van der Waals surface area (Å²) in [7, 11) is 0. The summed E-state index contributed by atoms with van der Waals surface area (Å²) in [4.78, 5) is 29.4. The summed E-state index contributed by atoms with van der Waals surface area (Å²) in [5.74, 6) is 0.0535. The number of rotatable bonds is 6. The predicted molar refractivity (Wildman–Crippen MR) is 116 cm³/mol. The van der Waals surface area contributed by atoms with Gasteiger partial charge in [-0.05, 0) is 61.7 Å². The molecule has 1 heterocycles. The molecule has 0 fully saturated rings. The van der Waals surface area contributed by atoms with Gasteiger partial charge in [-0.2, -0.15) is 0 Å². The van der Waals surface area contributed by atoms with Crippen LogP contribution in [-0.2, 0) is 17.9 Å². The van der Waals surface area contributed by atoms with Crippen LogP contribution in [0.3, 0.4) is 0 Å². The van der Waals surface area contributed by atoms with E-state index in [1.165, 1.54) is 10.6 Å². The number of nitrogens with one attached hydrogen (secondary N) is 2. The van der Waals surface area contributed by atoms with Crippen LogP contribution < -0.4 is 16.2 Å². The Kier molecular flexibility index (Phi) is 6.34. The summed E-state index contributed by atoms with van der Waals surface area (Å²) in [5, 5.41) is 6.64. The molecule has 0 bridgehead atoms. The zero-order valence-electron chi connectivity index (χ0n) is 16.6. The van der Waals surface area contributed by atoms with Gasteiger partial charge in [0.05, 0.1) is 0 Å². The zero-order chi connectivity index (χ0) is 21.0. The van der Waals surface area contributed by atoms with E-state index >= 15 is 0 Å². The molecule has 3 aromatic rings. The summed E-state index contributed by atoms with van der Waals surface area (Å²) in [6.45, 7) is 5.97. The number of aryl methyl sites for hydroxylation is 3. The predicted octanol–water partition coefficient (Wildman–Crippen LogP) is 3.88. The highest BCUT2D eigenvalue weighted by Gasteiger charge is 2.12. The molecule has 0 aliphatic carbocycles. The molecular formula is C22H23ClN4O2. The van der Waals surface area contributed by atoms with E-state index in [0.29, 0.717) is 23.2 Å². The van der Waals surface area contributed by atoms with E-state index in [1.54, 1.807) is 19.1 Å². The molecule has 29 heavy (non-hydrogen) atoms. The molecule has 2 aromatic carbocycles. The number of nitrogens with zero attached hydrogens (tertiary/aromatic N) is 2. The molecule has 0 atom stereocenters. The Morgan fingerprint density at radius 2 is 1.69 bits per heavy atom. The molecule has 7 heteroatoms. The van der Waals surface area contributed by atoms with Crippen molar-refractivity contribution in [2.45, 2.75) is 33.9 Å². The van der Waals surface area contributed by atoms with Gasteiger partial charge < -0.3 is 10.6 Å². The molecule has 0 unspecified atom stereocenters. The highest BCUT2D eigenvalue weighted by Crippen LogP contribution is 2.18. The Bertz CT molecular complexity index is 1070. The third kappa shape index (κ3) is 5.68. The number of benzene rings is 2. The van der Waals surface area contributed by atoms with Gasteiger partial charge >= 0.3 is 0 Å². The summed E-state index contributed by atoms with van der Waals surface area (Å²) >= 11 is 5.88. The van der Waals surface area contributed by atoms with Gasteiger partial charge in [-0.1, -0.05) is 29.8 Å². The largest absolute Gasteiger partial charge is 0.350 e. The molecule has 1 aromatic heterocycles. The second-order valence-corrected chi connectivity index (χ2v) is 7.49. The van der Waals surface area contributed by atoms with Crippen molar-refractivity contribution in [1.82, 2.24) is 14.9 Å². The third-order valence-corrected chi connectivity index (χ3v) is 4.57. The molecule has 0 saturated heterocycles. The number of anilines is 2. The Morgan fingerprint density at radius 3 is 2.34 bits per heavy atom. The van der Waals surface area contributed by atoms with Crippen molar-refractivity contribution in [3.8, 4) is 0 Å². The number of carbonyl (C=O) groups is 1. The van der Waals surface area contributed by atoms with Crippen LogP contribution in [0.2, 0.25) is 5.02 Å². The standard InChI is InChI=1S/C22H23ClN4O2/c1-14-8-15(2)10-19(9-14)26-22-25-16(3)11-21(29)27(22)13-20(28)24-12-17-4-6-18(23)7-5-17/h4-11H,12-13H2,1-3H3,(H,24,28)(H,25,26). The number of amides is 1. The monoisotopic (exact) mass is 410 g/mol. The summed E-state index contributed by atoms with van der Waals surface area (Å²) in [6.07, 6.45) is 0. The third-order valence-electron chi connectivity index (χ3n) is 4.32. The Labute approximate surface area is 174 Å². The van der Waals surface area contributed by atoms with Gasteiger partial charge in [0.25, 0.3) is 5.56 Å². The lowest BCUT2D eigenvalue weighted by Crippen LogP contribution is -2.33. The van der Waals surface area contributed by atoms with Gasteiger partial charge in [0, 0.05) is 29.0 Å². The number of hydrogen-bond donors (Lipinski definition) is 2. The minimum Gasteiger partial charge on any atom is -0.350 e. The van der Waals surface area contributed by atoms with Gasteiger partial charge in [0.2, 0.25) is 11.9 Å². The first-order chi connectivity index (χ1) is 13.8. The first-order valence-electron chi connectivity index (χ1n) is 9.25. The van der Waals surface area contributed by atoms with E-state index in [0.717, 1.165) is 22.4 Å². The van der Waals surface area contributed by atoms with E-state index in [9.17, 15) is 9.59 Å². The number of halogens is 1. The molecule has 0 aliphatic heterocycles. The van der Waals surface area contributed by atoms with Crippen molar-refractivity contribution >= 4 is 29.1 Å². The van der Waals surface area contributed by atoms with Gasteiger partial charge in [-0.15, -0.1) is 0 Å². The molecule has 3 rings (SSSR count). The Balaban J connectivity index is 1.78. The lowest BCUT2D eigenvalue weighted by Gasteiger charge is -2.15. The van der Waals surface area contributed by atoms with Gasteiger partial charge in [0.15, 0.2) is 0 Å². The van der Waals surface area contributed by atoms with Crippen LogP contribution in [0, 0.1) is 20.8 Å². The maximum Gasteiger partial charge on any atom is 0.255 e. The van der Waals surface area contributed by atoms with Crippen LogP contribution in [0.25, 0.3) is 0 Å². The fraction of sp³-hybridized carbons (Fsp3) is 0.227. The van der Waals surface area contributed by atoms with E-state index in [2.05, 4.69) is 21.7 Å². The number of carbonyl (C=O) groups excluding carboxylic acids is 1. The lowest BCUT2D eigenvalue weighted by molar-refractivity contribution is -0.121. The minimum atomic E-state index is -0.286. The number of hydrogen-bond acceptors (Lipinski definition) is 4. The van der Waals surface area contributed by atoms with Crippen LogP contribution in [-0.4, -0.2) is 15.5 Å². The fourth-order valence-electron chi connectivity index (χ4n) is 3.05. The first kappa shape index (κ1) is 20.6. The maximum absolute atomic E-state index is 12.5. The SMILES string of the molecule is Cc1cc(C)cc(Nc2nc(C)cc(=O)n2CC(=O)NCc2ccc(Cl)cc2)c1. The van der Waals surface area contributed by atoms with Crippen molar-refractivity contribution in [2.24, 2.45) is 0 Å². The molecule has 150 valence electrons. The van der Waals surface area contributed by atoms with E-state index in [1.807, 2.05) is 38.1 Å². The van der Waals surface area contributed by atoms with Crippen LogP contribution in [0.1, 0.15) is 22.4 Å². The van der Waals surface area contributed by atoms with Crippen LogP contribution >= 0.6 is 11.6 Å². The van der Waals surface area contributed by atoms with Crippen LogP contribution in [0.4, 0.5) is 11.6 Å². The Morgan fingerprint density at radius 1 is 1.03 bits per heavy atom. The van der Waals surface area contributed by atoms with Crippen molar-refractivity contribution in [1.29, 1.82) is 0 Å². The molecule has 0 aliphatic rings. The highest BCUT2D eigenvalue weighted by atomic mass is 35.5. The van der Waals surface area contributed by atoms with E-state index in [-0.39, 0.29) is 18.0 Å². The normalized spacial score (nSPS) is 10.6. The van der Waals surface area contributed by atoms with E-state index in [4.69, 9.17) is 11.6 Å². The summed E-state index contributed by atoms with van der Waals surface area (Å²) in [6, 6.07) is 14.6. The van der Waals surface area contributed by atoms with Crippen molar-refractivity contribution in [3.05, 3.63) is 86.3 Å². The topological polar surface area (TPSA) is 76.0 Å². The van der Waals surface area contributed by atoms with Crippen LogP contribution in [0.5, 0.6) is 0 Å². The highest BCUT2D eigenvalue weighted by molar-refractivity contribution is 6.30. The fourth-order valence-corrected chi connectivity index (χ4v) is 3.17. The van der Waals surface area contributed by atoms with Gasteiger partial charge in [-0.3, -0.25) is 14.2 Å². The molecule has 0 spiro atoms. The van der Waals surface area contributed by atoms with Crippen LogP contribution in [0.15, 0.2) is 53.3 Å². The molecule has 6 nitrogen and oxygen atoms in total. The first-order valence-corrected chi connectivity index (χ1v) is 9.63. The van der Waals surface area contributed by atoms with Crippen molar-refractivity contribution in [2.75, 3.05) is 5.32 Å². The lowest BCUT2D eigenvalue weighted by atomic mass is 10.1. The second-order valence-electron chi connectivity index (χ2n) is 7.05. The zero-order valence-corrected chi connectivity index (χ0v) is 17.4. The smallest absolute Gasteiger partial charge is 0.255 e. The van der Waals surface area contributed by atoms with Crippen molar-refractivity contribution in [3.63, 3.8) is 0 Å². The molecule has 2 N–H and O–H groups in total.